The fraction of sp³-hybridized carbons (Fsp3) is 0.722. The van der Waals surface area contributed by atoms with E-state index >= 15 is 0 Å². The molecular formula is C18H31N3. The second kappa shape index (κ2) is 8.50. The lowest BCUT2D eigenvalue weighted by molar-refractivity contribution is 0.111. The third kappa shape index (κ3) is 4.79. The van der Waals surface area contributed by atoms with Crippen molar-refractivity contribution in [2.75, 3.05) is 13.6 Å². The highest BCUT2D eigenvalue weighted by Crippen LogP contribution is 2.31. The lowest BCUT2D eigenvalue weighted by atomic mass is 9.79. The van der Waals surface area contributed by atoms with Gasteiger partial charge in [0.25, 0.3) is 0 Å². The SMILES string of the molecule is CCCC1CCC(NCC)C(N(C)Cc2cccnc2)C1. The smallest absolute Gasteiger partial charge is 0.0312 e. The highest BCUT2D eigenvalue weighted by Gasteiger charge is 2.32. The van der Waals surface area contributed by atoms with Crippen LogP contribution in [0.25, 0.3) is 0 Å². The third-order valence-electron chi connectivity index (χ3n) is 4.81. The zero-order valence-electron chi connectivity index (χ0n) is 13.9. The summed E-state index contributed by atoms with van der Waals surface area (Å²) in [4.78, 5) is 6.77. The van der Waals surface area contributed by atoms with Crippen LogP contribution < -0.4 is 5.32 Å². The van der Waals surface area contributed by atoms with Gasteiger partial charge in [0.05, 0.1) is 0 Å². The molecule has 118 valence electrons. The maximum atomic E-state index is 4.24. The van der Waals surface area contributed by atoms with Gasteiger partial charge >= 0.3 is 0 Å². The van der Waals surface area contributed by atoms with Crippen LogP contribution in [0.1, 0.15) is 51.5 Å². The molecule has 1 aromatic heterocycles. The first-order valence-corrected chi connectivity index (χ1v) is 8.57. The number of hydrogen-bond donors (Lipinski definition) is 1. The van der Waals surface area contributed by atoms with Crippen molar-refractivity contribution in [1.82, 2.24) is 15.2 Å². The fourth-order valence-corrected chi connectivity index (χ4v) is 3.79. The molecule has 0 spiro atoms. The predicted molar refractivity (Wildman–Crippen MR) is 89.2 cm³/mol. The Morgan fingerprint density at radius 2 is 2.19 bits per heavy atom. The molecule has 3 atom stereocenters. The van der Waals surface area contributed by atoms with Crippen LogP contribution in [0.4, 0.5) is 0 Å². The molecule has 0 bridgehead atoms. The van der Waals surface area contributed by atoms with E-state index in [1.807, 2.05) is 18.5 Å². The standard InChI is InChI=1S/C18H31N3/c1-4-7-15-9-10-17(20-5-2)18(12-15)21(3)14-16-8-6-11-19-13-16/h6,8,11,13,15,17-18,20H,4-5,7,9-10,12,14H2,1-3H3. The first kappa shape index (κ1) is 16.4. The van der Waals surface area contributed by atoms with Crippen LogP contribution in [0.3, 0.4) is 0 Å². The molecule has 0 aliphatic heterocycles. The molecule has 0 saturated heterocycles. The topological polar surface area (TPSA) is 28.2 Å². The molecule has 3 nitrogen and oxygen atoms in total. The summed E-state index contributed by atoms with van der Waals surface area (Å²) in [7, 11) is 2.27. The number of aromatic nitrogens is 1. The number of nitrogens with zero attached hydrogens (tertiary/aromatic N) is 2. The molecular weight excluding hydrogens is 258 g/mol. The number of pyridine rings is 1. The number of likely N-dealkylation sites (N-methyl/N-ethyl adjacent to an activating group) is 2. The molecule has 1 N–H and O–H groups in total. The Morgan fingerprint density at radius 1 is 1.33 bits per heavy atom. The third-order valence-corrected chi connectivity index (χ3v) is 4.81. The Labute approximate surface area is 130 Å². The van der Waals surface area contributed by atoms with Gasteiger partial charge in [0.1, 0.15) is 0 Å². The van der Waals surface area contributed by atoms with E-state index in [0.29, 0.717) is 12.1 Å². The Kier molecular flexibility index (Phi) is 6.65. The van der Waals surface area contributed by atoms with E-state index in [-0.39, 0.29) is 0 Å². The zero-order chi connectivity index (χ0) is 15.1. The lowest BCUT2D eigenvalue weighted by Gasteiger charge is -2.41. The average molecular weight is 289 g/mol. The molecule has 1 fully saturated rings. The van der Waals surface area contributed by atoms with Gasteiger partial charge in [-0.05, 0) is 50.4 Å². The second-order valence-corrected chi connectivity index (χ2v) is 6.48. The van der Waals surface area contributed by atoms with Crippen molar-refractivity contribution in [3.8, 4) is 0 Å². The zero-order valence-corrected chi connectivity index (χ0v) is 13.9. The monoisotopic (exact) mass is 289 g/mol. The number of hydrogen-bond acceptors (Lipinski definition) is 3. The minimum Gasteiger partial charge on any atom is -0.313 e. The molecule has 0 radical (unpaired) electrons. The molecule has 1 aliphatic carbocycles. The summed E-state index contributed by atoms with van der Waals surface area (Å²) in [5, 5.41) is 3.71. The summed E-state index contributed by atoms with van der Waals surface area (Å²) in [5.41, 5.74) is 1.31. The van der Waals surface area contributed by atoms with Gasteiger partial charge in [-0.15, -0.1) is 0 Å². The fourth-order valence-electron chi connectivity index (χ4n) is 3.79. The minimum absolute atomic E-state index is 0.643. The largest absolute Gasteiger partial charge is 0.313 e. The lowest BCUT2D eigenvalue weighted by Crippen LogP contribution is -2.51. The predicted octanol–water partition coefficient (Wildman–Crippen LogP) is 3.46. The van der Waals surface area contributed by atoms with Crippen LogP contribution >= 0.6 is 0 Å². The summed E-state index contributed by atoms with van der Waals surface area (Å²) in [6.45, 7) is 6.60. The van der Waals surface area contributed by atoms with E-state index < -0.39 is 0 Å². The van der Waals surface area contributed by atoms with Gasteiger partial charge in [0.15, 0.2) is 0 Å². The quantitative estimate of drug-likeness (QED) is 0.833. The molecule has 1 saturated carbocycles. The van der Waals surface area contributed by atoms with Crippen LogP contribution in [0.2, 0.25) is 0 Å². The van der Waals surface area contributed by atoms with E-state index in [2.05, 4.69) is 42.2 Å². The summed E-state index contributed by atoms with van der Waals surface area (Å²) in [6.07, 6.45) is 10.6. The highest BCUT2D eigenvalue weighted by atomic mass is 15.2. The van der Waals surface area contributed by atoms with Crippen LogP contribution in [0.5, 0.6) is 0 Å². The van der Waals surface area contributed by atoms with Crippen LogP contribution in [-0.2, 0) is 6.54 Å². The van der Waals surface area contributed by atoms with Crippen LogP contribution in [0, 0.1) is 5.92 Å². The Bertz CT molecular complexity index is 393. The molecule has 3 unspecified atom stereocenters. The Morgan fingerprint density at radius 3 is 2.86 bits per heavy atom. The number of nitrogens with one attached hydrogen (secondary N) is 1. The van der Waals surface area contributed by atoms with Crippen molar-refractivity contribution in [2.24, 2.45) is 5.92 Å². The molecule has 1 aliphatic rings. The van der Waals surface area contributed by atoms with Gasteiger partial charge in [-0.3, -0.25) is 9.88 Å². The maximum absolute atomic E-state index is 4.24. The van der Waals surface area contributed by atoms with E-state index in [0.717, 1.165) is 19.0 Å². The molecule has 1 heterocycles. The summed E-state index contributed by atoms with van der Waals surface area (Å²) >= 11 is 0. The molecule has 21 heavy (non-hydrogen) atoms. The summed E-state index contributed by atoms with van der Waals surface area (Å²) < 4.78 is 0. The van der Waals surface area contributed by atoms with Crippen molar-refractivity contribution in [2.45, 2.75) is 64.6 Å². The first-order chi connectivity index (χ1) is 10.2. The summed E-state index contributed by atoms with van der Waals surface area (Å²) in [5.74, 6) is 0.909. The molecule has 1 aromatic rings. The van der Waals surface area contributed by atoms with Gasteiger partial charge < -0.3 is 5.32 Å². The van der Waals surface area contributed by atoms with E-state index in [4.69, 9.17) is 0 Å². The molecule has 2 rings (SSSR count). The van der Waals surface area contributed by atoms with Crippen molar-refractivity contribution in [3.63, 3.8) is 0 Å². The van der Waals surface area contributed by atoms with Crippen LogP contribution in [-0.4, -0.2) is 35.6 Å². The second-order valence-electron chi connectivity index (χ2n) is 6.48. The number of rotatable bonds is 7. The van der Waals surface area contributed by atoms with Crippen molar-refractivity contribution in [3.05, 3.63) is 30.1 Å². The van der Waals surface area contributed by atoms with Crippen LogP contribution in [0.15, 0.2) is 24.5 Å². The van der Waals surface area contributed by atoms with Crippen molar-refractivity contribution in [1.29, 1.82) is 0 Å². The van der Waals surface area contributed by atoms with Crippen molar-refractivity contribution < 1.29 is 0 Å². The summed E-state index contributed by atoms with van der Waals surface area (Å²) in [6, 6.07) is 5.50. The van der Waals surface area contributed by atoms with Gasteiger partial charge in [-0.25, -0.2) is 0 Å². The highest BCUT2D eigenvalue weighted by molar-refractivity contribution is 5.08. The van der Waals surface area contributed by atoms with E-state index in [1.165, 1.54) is 37.7 Å². The van der Waals surface area contributed by atoms with Gasteiger partial charge in [-0.1, -0.05) is 32.8 Å². The van der Waals surface area contributed by atoms with Gasteiger partial charge in [-0.2, -0.15) is 0 Å². The molecule has 0 aromatic carbocycles. The normalized spacial score (nSPS) is 26.2. The Balaban J connectivity index is 2.00. The Hall–Kier alpha value is -0.930. The van der Waals surface area contributed by atoms with E-state index in [9.17, 15) is 0 Å². The molecule has 3 heteroatoms. The molecule has 0 amide bonds. The first-order valence-electron chi connectivity index (χ1n) is 8.57. The van der Waals surface area contributed by atoms with Crippen molar-refractivity contribution >= 4 is 0 Å². The van der Waals surface area contributed by atoms with E-state index in [1.54, 1.807) is 0 Å². The maximum Gasteiger partial charge on any atom is 0.0312 e. The van der Waals surface area contributed by atoms with Gasteiger partial charge in [0, 0.05) is 31.0 Å². The minimum atomic E-state index is 0.643. The van der Waals surface area contributed by atoms with Gasteiger partial charge in [0.2, 0.25) is 0 Å². The average Bonchev–Trinajstić information content (AvgIpc) is 2.50.